The summed E-state index contributed by atoms with van der Waals surface area (Å²) in [5, 5.41) is 12.1. The lowest BCUT2D eigenvalue weighted by Crippen LogP contribution is -2.36. The number of aliphatic hydroxyl groups is 1. The molecule has 6 nitrogen and oxygen atoms in total. The van der Waals surface area contributed by atoms with Crippen LogP contribution in [0.5, 0.6) is 0 Å². The van der Waals surface area contributed by atoms with E-state index in [1.807, 2.05) is 42.5 Å². The van der Waals surface area contributed by atoms with Crippen molar-refractivity contribution in [2.75, 3.05) is 18.5 Å². The number of hydrogen-bond acceptors (Lipinski definition) is 4. The number of amides is 2. The largest absolute Gasteiger partial charge is 0.445 e. The van der Waals surface area contributed by atoms with Crippen LogP contribution in [-0.2, 0) is 6.54 Å². The number of aromatic nitrogens is 1. The first-order valence-corrected chi connectivity index (χ1v) is 7.97. The van der Waals surface area contributed by atoms with Gasteiger partial charge in [0, 0.05) is 24.3 Å². The van der Waals surface area contributed by atoms with Crippen molar-refractivity contribution in [3.05, 3.63) is 72.6 Å². The van der Waals surface area contributed by atoms with Gasteiger partial charge in [-0.1, -0.05) is 30.3 Å². The zero-order valence-corrected chi connectivity index (χ0v) is 13.6. The Balaban J connectivity index is 1.66. The van der Waals surface area contributed by atoms with Gasteiger partial charge in [-0.25, -0.2) is 9.78 Å². The Bertz CT molecular complexity index is 787. The minimum atomic E-state index is -0.262. The van der Waals surface area contributed by atoms with Crippen molar-refractivity contribution in [2.45, 2.75) is 6.54 Å². The van der Waals surface area contributed by atoms with Crippen LogP contribution in [0.25, 0.3) is 11.5 Å². The number of anilines is 1. The van der Waals surface area contributed by atoms with Gasteiger partial charge >= 0.3 is 6.03 Å². The molecule has 0 aliphatic carbocycles. The van der Waals surface area contributed by atoms with E-state index in [0.29, 0.717) is 18.1 Å². The molecule has 0 fully saturated rings. The highest BCUT2D eigenvalue weighted by molar-refractivity contribution is 5.89. The highest BCUT2D eigenvalue weighted by Gasteiger charge is 2.14. The SMILES string of the molecule is O=C(Nc1ccc(-c2ncco2)cc1)N(CCO)Cc1ccccc1. The van der Waals surface area contributed by atoms with Gasteiger partial charge in [0.1, 0.15) is 6.26 Å². The van der Waals surface area contributed by atoms with Crippen molar-refractivity contribution in [1.29, 1.82) is 0 Å². The van der Waals surface area contributed by atoms with Gasteiger partial charge in [0.05, 0.1) is 12.8 Å². The maximum atomic E-state index is 12.5. The van der Waals surface area contributed by atoms with Crippen LogP contribution in [-0.4, -0.2) is 34.2 Å². The molecule has 0 aliphatic heterocycles. The molecule has 0 atom stereocenters. The molecule has 128 valence electrons. The lowest BCUT2D eigenvalue weighted by Gasteiger charge is -2.22. The fourth-order valence-corrected chi connectivity index (χ4v) is 2.44. The number of carbonyl (C=O) groups excluding carboxylic acids is 1. The molecule has 0 aliphatic rings. The summed E-state index contributed by atoms with van der Waals surface area (Å²) in [6, 6.07) is 16.6. The van der Waals surface area contributed by atoms with Crippen molar-refractivity contribution >= 4 is 11.7 Å². The zero-order valence-electron chi connectivity index (χ0n) is 13.6. The number of oxazole rings is 1. The minimum absolute atomic E-state index is 0.0939. The lowest BCUT2D eigenvalue weighted by atomic mass is 10.2. The van der Waals surface area contributed by atoms with Crippen molar-refractivity contribution in [3.8, 4) is 11.5 Å². The van der Waals surface area contributed by atoms with E-state index in [1.54, 1.807) is 23.2 Å². The fraction of sp³-hybridized carbons (Fsp3) is 0.158. The van der Waals surface area contributed by atoms with Gasteiger partial charge in [-0.2, -0.15) is 0 Å². The Morgan fingerprint density at radius 1 is 1.12 bits per heavy atom. The molecular formula is C19H19N3O3. The maximum Gasteiger partial charge on any atom is 0.322 e. The normalized spacial score (nSPS) is 10.4. The second-order valence-electron chi connectivity index (χ2n) is 5.48. The summed E-state index contributed by atoms with van der Waals surface area (Å²) < 4.78 is 5.24. The molecule has 0 unspecified atom stereocenters. The van der Waals surface area contributed by atoms with Crippen LogP contribution < -0.4 is 5.32 Å². The van der Waals surface area contributed by atoms with Crippen LogP contribution in [0, 0.1) is 0 Å². The number of nitrogens with zero attached hydrogens (tertiary/aromatic N) is 2. The molecule has 0 bridgehead atoms. The summed E-state index contributed by atoms with van der Waals surface area (Å²) in [5.74, 6) is 0.531. The molecular weight excluding hydrogens is 318 g/mol. The number of hydrogen-bond donors (Lipinski definition) is 2. The van der Waals surface area contributed by atoms with Gasteiger partial charge in [0.15, 0.2) is 0 Å². The van der Waals surface area contributed by atoms with Crippen molar-refractivity contribution in [1.82, 2.24) is 9.88 Å². The number of rotatable bonds is 6. The van der Waals surface area contributed by atoms with E-state index in [1.165, 1.54) is 6.26 Å². The Hall–Kier alpha value is -3.12. The van der Waals surface area contributed by atoms with E-state index in [2.05, 4.69) is 10.3 Å². The third kappa shape index (κ3) is 4.45. The Labute approximate surface area is 145 Å². The second kappa shape index (κ2) is 8.12. The van der Waals surface area contributed by atoms with Gasteiger partial charge in [0.25, 0.3) is 0 Å². The first-order valence-electron chi connectivity index (χ1n) is 7.97. The molecule has 2 N–H and O–H groups in total. The average Bonchev–Trinajstić information content (AvgIpc) is 3.17. The van der Waals surface area contributed by atoms with Crippen molar-refractivity contribution in [2.24, 2.45) is 0 Å². The quantitative estimate of drug-likeness (QED) is 0.723. The summed E-state index contributed by atoms with van der Waals surface area (Å²) in [4.78, 5) is 18.1. The topological polar surface area (TPSA) is 78.6 Å². The van der Waals surface area contributed by atoms with Gasteiger partial charge in [0.2, 0.25) is 5.89 Å². The van der Waals surface area contributed by atoms with E-state index >= 15 is 0 Å². The fourth-order valence-electron chi connectivity index (χ4n) is 2.44. The molecule has 25 heavy (non-hydrogen) atoms. The van der Waals surface area contributed by atoms with E-state index in [-0.39, 0.29) is 19.2 Å². The second-order valence-corrected chi connectivity index (χ2v) is 5.48. The van der Waals surface area contributed by atoms with Crippen LogP contribution in [0.15, 0.2) is 71.5 Å². The van der Waals surface area contributed by atoms with Crippen LogP contribution in [0.2, 0.25) is 0 Å². The minimum Gasteiger partial charge on any atom is -0.445 e. The molecule has 2 aromatic carbocycles. The summed E-state index contributed by atoms with van der Waals surface area (Å²) in [6.07, 6.45) is 3.10. The van der Waals surface area contributed by atoms with E-state index in [9.17, 15) is 9.90 Å². The number of aliphatic hydroxyl groups excluding tert-OH is 1. The molecule has 0 saturated heterocycles. The Morgan fingerprint density at radius 2 is 1.88 bits per heavy atom. The summed E-state index contributed by atoms with van der Waals surface area (Å²) >= 11 is 0. The monoisotopic (exact) mass is 337 g/mol. The maximum absolute atomic E-state index is 12.5. The third-order valence-corrected chi connectivity index (χ3v) is 3.69. The molecule has 6 heteroatoms. The molecule has 1 heterocycles. The molecule has 2 amide bonds. The van der Waals surface area contributed by atoms with Crippen LogP contribution in [0.1, 0.15) is 5.56 Å². The molecule has 3 rings (SSSR count). The van der Waals surface area contributed by atoms with Gasteiger partial charge in [-0.15, -0.1) is 0 Å². The number of benzene rings is 2. The highest BCUT2D eigenvalue weighted by Crippen LogP contribution is 2.20. The van der Waals surface area contributed by atoms with Crippen LogP contribution >= 0.6 is 0 Å². The molecule has 0 saturated carbocycles. The molecule has 0 spiro atoms. The van der Waals surface area contributed by atoms with Gasteiger partial charge in [-0.05, 0) is 29.8 Å². The highest BCUT2D eigenvalue weighted by atomic mass is 16.3. The average molecular weight is 337 g/mol. The first kappa shape index (κ1) is 16.7. The van der Waals surface area contributed by atoms with E-state index in [0.717, 1.165) is 11.1 Å². The van der Waals surface area contributed by atoms with E-state index in [4.69, 9.17) is 4.42 Å². The predicted molar refractivity (Wildman–Crippen MR) is 94.9 cm³/mol. The Morgan fingerprint density at radius 3 is 2.52 bits per heavy atom. The number of carbonyl (C=O) groups is 1. The standard InChI is InChI=1S/C19H19N3O3/c23-12-11-22(14-15-4-2-1-3-5-15)19(24)21-17-8-6-16(7-9-17)18-20-10-13-25-18/h1-10,13,23H,11-12,14H2,(H,21,24). The van der Waals surface area contributed by atoms with Crippen molar-refractivity contribution < 1.29 is 14.3 Å². The number of nitrogens with one attached hydrogen (secondary N) is 1. The van der Waals surface area contributed by atoms with Crippen LogP contribution in [0.4, 0.5) is 10.5 Å². The summed E-state index contributed by atoms with van der Waals surface area (Å²) in [7, 11) is 0. The smallest absolute Gasteiger partial charge is 0.322 e. The Kier molecular flexibility index (Phi) is 5.43. The summed E-state index contributed by atoms with van der Waals surface area (Å²) in [6.45, 7) is 0.597. The third-order valence-electron chi connectivity index (χ3n) is 3.69. The van der Waals surface area contributed by atoms with Crippen molar-refractivity contribution in [3.63, 3.8) is 0 Å². The lowest BCUT2D eigenvalue weighted by molar-refractivity contribution is 0.185. The number of urea groups is 1. The van der Waals surface area contributed by atoms with Crippen LogP contribution in [0.3, 0.4) is 0 Å². The van der Waals surface area contributed by atoms with E-state index < -0.39 is 0 Å². The van der Waals surface area contributed by atoms with Gasteiger partial charge < -0.3 is 19.7 Å². The predicted octanol–water partition coefficient (Wildman–Crippen LogP) is 3.37. The zero-order chi connectivity index (χ0) is 17.5. The molecule has 0 radical (unpaired) electrons. The first-order chi connectivity index (χ1) is 12.3. The van der Waals surface area contributed by atoms with Gasteiger partial charge in [-0.3, -0.25) is 0 Å². The summed E-state index contributed by atoms with van der Waals surface area (Å²) in [5.41, 5.74) is 2.50. The molecule has 1 aromatic heterocycles. The molecule has 3 aromatic rings.